The minimum Gasteiger partial charge on any atom is -0.494 e. The molecule has 0 spiro atoms. The Morgan fingerprint density at radius 2 is 1.82 bits per heavy atom. The van der Waals surface area contributed by atoms with Gasteiger partial charge in [-0.25, -0.2) is 8.42 Å². The zero-order valence-electron chi connectivity index (χ0n) is 18.7. The van der Waals surface area contributed by atoms with Gasteiger partial charge in [-0.2, -0.15) is 0 Å². The lowest BCUT2D eigenvalue weighted by Gasteiger charge is -2.30. The quantitative estimate of drug-likeness (QED) is 0.475. The van der Waals surface area contributed by atoms with Gasteiger partial charge in [0.25, 0.3) is 15.9 Å². The van der Waals surface area contributed by atoms with Gasteiger partial charge in [-0.05, 0) is 73.9 Å². The SMILES string of the molecule is CCOc1ccc(NC(=O)COc2ccc(S(=O)(=O)N3CCCc4ccccc43)cc2Cl)cc1. The standard InChI is InChI=1S/C25H25ClN2O5S/c1-2-32-20-11-9-19(10-12-20)27-25(29)17-33-24-14-13-21(16-22(24)26)34(30,31)28-15-5-7-18-6-3-4-8-23(18)28/h3-4,6,8-14,16H,2,5,7,15,17H2,1H3,(H,27,29). The number of nitrogens with one attached hydrogen (secondary N) is 1. The smallest absolute Gasteiger partial charge is 0.264 e. The van der Waals surface area contributed by atoms with E-state index in [9.17, 15) is 13.2 Å². The van der Waals surface area contributed by atoms with E-state index < -0.39 is 10.0 Å². The Bertz CT molecular complexity index is 1280. The monoisotopic (exact) mass is 500 g/mol. The summed E-state index contributed by atoms with van der Waals surface area (Å²) < 4.78 is 38.9. The molecule has 1 heterocycles. The summed E-state index contributed by atoms with van der Waals surface area (Å²) in [6.45, 7) is 2.58. The summed E-state index contributed by atoms with van der Waals surface area (Å²) in [5.41, 5.74) is 2.30. The predicted octanol–water partition coefficient (Wildman–Crippen LogP) is 4.90. The largest absolute Gasteiger partial charge is 0.494 e. The van der Waals surface area contributed by atoms with Gasteiger partial charge in [0.05, 0.1) is 22.2 Å². The lowest BCUT2D eigenvalue weighted by Crippen LogP contribution is -2.35. The summed E-state index contributed by atoms with van der Waals surface area (Å²) in [7, 11) is -3.79. The third kappa shape index (κ3) is 5.29. The van der Waals surface area contributed by atoms with Crippen LogP contribution in [0.3, 0.4) is 0 Å². The van der Waals surface area contributed by atoms with E-state index in [1.807, 2.05) is 31.2 Å². The Balaban J connectivity index is 1.42. The van der Waals surface area contributed by atoms with Crippen molar-refractivity contribution in [3.8, 4) is 11.5 Å². The highest BCUT2D eigenvalue weighted by Crippen LogP contribution is 2.34. The Hall–Kier alpha value is -3.23. The van der Waals surface area contributed by atoms with Crippen molar-refractivity contribution in [3.05, 3.63) is 77.3 Å². The molecule has 7 nitrogen and oxygen atoms in total. The van der Waals surface area contributed by atoms with Crippen LogP contribution < -0.4 is 19.1 Å². The molecule has 34 heavy (non-hydrogen) atoms. The zero-order chi connectivity index (χ0) is 24.1. The van der Waals surface area contributed by atoms with Crippen molar-refractivity contribution in [2.45, 2.75) is 24.7 Å². The summed E-state index contributed by atoms with van der Waals surface area (Å²) in [5, 5.41) is 2.84. The maximum atomic E-state index is 13.3. The number of anilines is 2. The van der Waals surface area contributed by atoms with Crippen LogP contribution >= 0.6 is 11.6 Å². The molecule has 1 aliphatic rings. The zero-order valence-corrected chi connectivity index (χ0v) is 20.2. The topological polar surface area (TPSA) is 84.9 Å². The van der Waals surface area contributed by atoms with Gasteiger partial charge in [-0.3, -0.25) is 9.10 Å². The molecule has 1 aliphatic heterocycles. The van der Waals surface area contributed by atoms with Crippen molar-refractivity contribution in [3.63, 3.8) is 0 Å². The lowest BCUT2D eigenvalue weighted by atomic mass is 10.0. The molecule has 0 fully saturated rings. The minimum atomic E-state index is -3.79. The van der Waals surface area contributed by atoms with Gasteiger partial charge in [-0.15, -0.1) is 0 Å². The fourth-order valence-corrected chi connectivity index (χ4v) is 5.64. The summed E-state index contributed by atoms with van der Waals surface area (Å²) in [6, 6.07) is 18.7. The van der Waals surface area contributed by atoms with Crippen LogP contribution in [-0.2, 0) is 21.2 Å². The second-order valence-corrected chi connectivity index (χ2v) is 9.97. The summed E-state index contributed by atoms with van der Waals surface area (Å²) in [4.78, 5) is 12.3. The normalized spacial score (nSPS) is 13.2. The lowest BCUT2D eigenvalue weighted by molar-refractivity contribution is -0.118. The molecule has 178 valence electrons. The van der Waals surface area contributed by atoms with Crippen LogP contribution in [-0.4, -0.2) is 34.1 Å². The number of fused-ring (bicyclic) bond motifs is 1. The van der Waals surface area contributed by atoms with Crippen LogP contribution in [0.2, 0.25) is 5.02 Å². The Labute approximate surface area is 204 Å². The number of amides is 1. The number of benzene rings is 3. The first-order valence-corrected chi connectivity index (χ1v) is 12.8. The molecule has 0 bridgehead atoms. The number of ether oxygens (including phenoxy) is 2. The van der Waals surface area contributed by atoms with Crippen molar-refractivity contribution in [2.75, 3.05) is 29.4 Å². The average molecular weight is 501 g/mol. The van der Waals surface area contributed by atoms with Crippen LogP contribution in [0.25, 0.3) is 0 Å². The highest BCUT2D eigenvalue weighted by atomic mass is 35.5. The molecule has 0 radical (unpaired) electrons. The van der Waals surface area contributed by atoms with Crippen LogP contribution in [0.4, 0.5) is 11.4 Å². The van der Waals surface area contributed by atoms with Gasteiger partial charge >= 0.3 is 0 Å². The van der Waals surface area contributed by atoms with E-state index in [2.05, 4.69) is 5.32 Å². The van der Waals surface area contributed by atoms with Gasteiger partial charge in [-0.1, -0.05) is 29.8 Å². The molecule has 0 aliphatic carbocycles. The molecule has 0 aromatic heterocycles. The molecule has 9 heteroatoms. The Morgan fingerprint density at radius 1 is 1.06 bits per heavy atom. The molecular weight excluding hydrogens is 476 g/mol. The number of hydrogen-bond donors (Lipinski definition) is 1. The van der Waals surface area contributed by atoms with Gasteiger partial charge in [0, 0.05) is 12.2 Å². The van der Waals surface area contributed by atoms with E-state index in [1.54, 1.807) is 24.3 Å². The van der Waals surface area contributed by atoms with E-state index in [1.165, 1.54) is 22.5 Å². The molecular formula is C25H25ClN2O5S. The molecule has 0 saturated carbocycles. The predicted molar refractivity (Wildman–Crippen MR) is 132 cm³/mol. The molecule has 3 aromatic carbocycles. The highest BCUT2D eigenvalue weighted by molar-refractivity contribution is 7.92. The van der Waals surface area contributed by atoms with Crippen molar-refractivity contribution < 1.29 is 22.7 Å². The number of sulfonamides is 1. The van der Waals surface area contributed by atoms with Crippen LogP contribution in [0.15, 0.2) is 71.6 Å². The number of halogens is 1. The van der Waals surface area contributed by atoms with Crippen molar-refractivity contribution >= 4 is 38.9 Å². The maximum absolute atomic E-state index is 13.3. The number of aryl methyl sites for hydroxylation is 1. The van der Waals surface area contributed by atoms with E-state index in [0.717, 1.165) is 18.4 Å². The molecule has 4 rings (SSSR count). The third-order valence-corrected chi connectivity index (χ3v) is 7.47. The molecule has 1 N–H and O–H groups in total. The summed E-state index contributed by atoms with van der Waals surface area (Å²) in [6.07, 6.45) is 1.59. The molecule has 3 aromatic rings. The first-order valence-electron chi connectivity index (χ1n) is 10.9. The number of nitrogens with zero attached hydrogens (tertiary/aromatic N) is 1. The minimum absolute atomic E-state index is 0.0698. The van der Waals surface area contributed by atoms with E-state index >= 15 is 0 Å². The number of para-hydroxylation sites is 1. The van der Waals surface area contributed by atoms with E-state index in [-0.39, 0.29) is 28.2 Å². The van der Waals surface area contributed by atoms with Crippen LogP contribution in [0, 0.1) is 0 Å². The van der Waals surface area contributed by atoms with E-state index in [4.69, 9.17) is 21.1 Å². The first-order chi connectivity index (χ1) is 16.4. The Kier molecular flexibility index (Phi) is 7.29. The van der Waals surface area contributed by atoms with Crippen LogP contribution in [0.5, 0.6) is 11.5 Å². The molecule has 0 unspecified atom stereocenters. The third-order valence-electron chi connectivity index (χ3n) is 5.37. The summed E-state index contributed by atoms with van der Waals surface area (Å²) >= 11 is 6.31. The second-order valence-electron chi connectivity index (χ2n) is 7.70. The maximum Gasteiger partial charge on any atom is 0.264 e. The van der Waals surface area contributed by atoms with E-state index in [0.29, 0.717) is 30.3 Å². The number of carbonyl (C=O) groups excluding carboxylic acids is 1. The van der Waals surface area contributed by atoms with Gasteiger partial charge in [0.15, 0.2) is 6.61 Å². The van der Waals surface area contributed by atoms with Crippen molar-refractivity contribution in [1.82, 2.24) is 0 Å². The number of carbonyl (C=O) groups is 1. The van der Waals surface area contributed by atoms with Crippen molar-refractivity contribution in [1.29, 1.82) is 0 Å². The van der Waals surface area contributed by atoms with Crippen molar-refractivity contribution in [2.24, 2.45) is 0 Å². The molecule has 0 saturated heterocycles. The highest BCUT2D eigenvalue weighted by Gasteiger charge is 2.29. The second kappa shape index (κ2) is 10.4. The first kappa shape index (κ1) is 23.9. The fourth-order valence-electron chi connectivity index (χ4n) is 3.78. The molecule has 0 atom stereocenters. The Morgan fingerprint density at radius 3 is 2.56 bits per heavy atom. The van der Waals surface area contributed by atoms with Gasteiger partial charge in [0.1, 0.15) is 11.5 Å². The number of hydrogen-bond acceptors (Lipinski definition) is 5. The molecule has 1 amide bonds. The number of rotatable bonds is 8. The fraction of sp³-hybridized carbons (Fsp3) is 0.240. The summed E-state index contributed by atoms with van der Waals surface area (Å²) in [5.74, 6) is 0.565. The average Bonchev–Trinajstić information content (AvgIpc) is 2.84. The van der Waals surface area contributed by atoms with Gasteiger partial charge < -0.3 is 14.8 Å². The van der Waals surface area contributed by atoms with Crippen LogP contribution in [0.1, 0.15) is 18.9 Å². The van der Waals surface area contributed by atoms with Gasteiger partial charge in [0.2, 0.25) is 0 Å².